The third-order valence-corrected chi connectivity index (χ3v) is 4.05. The first-order chi connectivity index (χ1) is 7.72. The van der Waals surface area contributed by atoms with Crippen molar-refractivity contribution in [1.82, 2.24) is 10.2 Å². The summed E-state index contributed by atoms with van der Waals surface area (Å²) >= 11 is 0. The zero-order valence-electron chi connectivity index (χ0n) is 10.8. The van der Waals surface area contributed by atoms with E-state index >= 15 is 0 Å². The lowest BCUT2D eigenvalue weighted by molar-refractivity contribution is 0.143. The van der Waals surface area contributed by atoms with Crippen molar-refractivity contribution < 1.29 is 4.74 Å². The van der Waals surface area contributed by atoms with Crippen molar-refractivity contribution in [1.29, 1.82) is 0 Å². The maximum absolute atomic E-state index is 5.25. The standard InChI is InChI=1S/C13H26N2O/c1-13(6-3-4-7-14-13)11-15-8-5-12(9-15)10-16-2/h12,14H,3-11H2,1-2H3. The summed E-state index contributed by atoms with van der Waals surface area (Å²) in [5.74, 6) is 0.761. The van der Waals surface area contributed by atoms with E-state index < -0.39 is 0 Å². The molecule has 0 aliphatic carbocycles. The first-order valence-corrected chi connectivity index (χ1v) is 6.68. The number of likely N-dealkylation sites (tertiary alicyclic amines) is 1. The Kier molecular flexibility index (Phi) is 4.22. The van der Waals surface area contributed by atoms with E-state index in [0.29, 0.717) is 5.54 Å². The van der Waals surface area contributed by atoms with Crippen LogP contribution in [-0.2, 0) is 4.74 Å². The Morgan fingerprint density at radius 2 is 2.31 bits per heavy atom. The van der Waals surface area contributed by atoms with Crippen molar-refractivity contribution in [3.63, 3.8) is 0 Å². The molecular weight excluding hydrogens is 200 g/mol. The van der Waals surface area contributed by atoms with E-state index in [4.69, 9.17) is 4.74 Å². The Hall–Kier alpha value is -0.120. The van der Waals surface area contributed by atoms with Crippen LogP contribution in [0.4, 0.5) is 0 Å². The first kappa shape index (κ1) is 12.3. The van der Waals surface area contributed by atoms with Crippen LogP contribution < -0.4 is 5.32 Å². The van der Waals surface area contributed by atoms with Crippen molar-refractivity contribution in [2.45, 2.75) is 38.1 Å². The molecule has 94 valence electrons. The van der Waals surface area contributed by atoms with E-state index in [9.17, 15) is 0 Å². The molecule has 16 heavy (non-hydrogen) atoms. The fourth-order valence-corrected chi connectivity index (χ4v) is 3.18. The smallest absolute Gasteiger partial charge is 0.0503 e. The summed E-state index contributed by atoms with van der Waals surface area (Å²) in [6.07, 6.45) is 5.38. The maximum atomic E-state index is 5.25. The van der Waals surface area contributed by atoms with Gasteiger partial charge in [0, 0.05) is 25.7 Å². The summed E-state index contributed by atoms with van der Waals surface area (Å²) < 4.78 is 5.25. The fourth-order valence-electron chi connectivity index (χ4n) is 3.18. The fraction of sp³-hybridized carbons (Fsp3) is 1.00. The Balaban J connectivity index is 1.77. The van der Waals surface area contributed by atoms with Gasteiger partial charge in [-0.25, -0.2) is 0 Å². The van der Waals surface area contributed by atoms with Crippen LogP contribution in [0.2, 0.25) is 0 Å². The molecule has 0 aromatic heterocycles. The predicted octanol–water partition coefficient (Wildman–Crippen LogP) is 1.49. The van der Waals surface area contributed by atoms with Gasteiger partial charge in [0.15, 0.2) is 0 Å². The van der Waals surface area contributed by atoms with Crippen molar-refractivity contribution in [2.75, 3.05) is 39.9 Å². The molecule has 0 amide bonds. The molecule has 2 aliphatic rings. The average Bonchev–Trinajstić information content (AvgIpc) is 2.66. The van der Waals surface area contributed by atoms with Crippen molar-refractivity contribution in [3.8, 4) is 0 Å². The number of methoxy groups -OCH3 is 1. The summed E-state index contributed by atoms with van der Waals surface area (Å²) in [5, 5.41) is 3.70. The number of nitrogens with zero attached hydrogens (tertiary/aromatic N) is 1. The zero-order chi connectivity index (χ0) is 11.4. The SMILES string of the molecule is COCC1CCN(CC2(C)CCCCN2)C1. The van der Waals surface area contributed by atoms with Crippen LogP contribution in [0.5, 0.6) is 0 Å². The zero-order valence-corrected chi connectivity index (χ0v) is 10.8. The lowest BCUT2D eigenvalue weighted by Crippen LogP contribution is -2.53. The third kappa shape index (κ3) is 3.19. The monoisotopic (exact) mass is 226 g/mol. The third-order valence-electron chi connectivity index (χ3n) is 4.05. The number of nitrogens with one attached hydrogen (secondary N) is 1. The first-order valence-electron chi connectivity index (χ1n) is 6.68. The lowest BCUT2D eigenvalue weighted by atomic mass is 9.90. The second kappa shape index (κ2) is 5.48. The van der Waals surface area contributed by atoms with Crippen LogP contribution >= 0.6 is 0 Å². The predicted molar refractivity (Wildman–Crippen MR) is 66.7 cm³/mol. The summed E-state index contributed by atoms with van der Waals surface area (Å²) in [4.78, 5) is 2.61. The minimum Gasteiger partial charge on any atom is -0.384 e. The molecule has 0 radical (unpaired) electrons. The normalized spacial score (nSPS) is 36.8. The van der Waals surface area contributed by atoms with Crippen LogP contribution in [0.3, 0.4) is 0 Å². The second-order valence-electron chi connectivity index (χ2n) is 5.79. The highest BCUT2D eigenvalue weighted by Gasteiger charge is 2.31. The van der Waals surface area contributed by atoms with Gasteiger partial charge in [0.05, 0.1) is 6.61 Å². The molecule has 3 heteroatoms. The average molecular weight is 226 g/mol. The molecule has 2 saturated heterocycles. The van der Waals surface area contributed by atoms with Crippen LogP contribution in [-0.4, -0.2) is 50.3 Å². The van der Waals surface area contributed by atoms with Gasteiger partial charge < -0.3 is 15.0 Å². The number of rotatable bonds is 4. The van der Waals surface area contributed by atoms with Crippen LogP contribution in [0.15, 0.2) is 0 Å². The molecule has 1 N–H and O–H groups in total. The number of ether oxygens (including phenoxy) is 1. The van der Waals surface area contributed by atoms with E-state index in [1.54, 1.807) is 0 Å². The quantitative estimate of drug-likeness (QED) is 0.786. The molecule has 2 aliphatic heterocycles. The summed E-state index contributed by atoms with van der Waals surface area (Å²) in [5.41, 5.74) is 0.361. The molecule has 0 aromatic carbocycles. The van der Waals surface area contributed by atoms with E-state index in [-0.39, 0.29) is 0 Å². The Morgan fingerprint density at radius 1 is 1.44 bits per heavy atom. The summed E-state index contributed by atoms with van der Waals surface area (Å²) in [6, 6.07) is 0. The van der Waals surface area contributed by atoms with Gasteiger partial charge in [0.2, 0.25) is 0 Å². The summed E-state index contributed by atoms with van der Waals surface area (Å²) in [7, 11) is 1.81. The Labute approximate surface area is 99.5 Å². The minimum absolute atomic E-state index is 0.361. The van der Waals surface area contributed by atoms with Gasteiger partial charge in [0.25, 0.3) is 0 Å². The van der Waals surface area contributed by atoms with Crippen LogP contribution in [0, 0.1) is 5.92 Å². The number of hydrogen-bond acceptors (Lipinski definition) is 3. The lowest BCUT2D eigenvalue weighted by Gasteiger charge is -2.38. The highest BCUT2D eigenvalue weighted by atomic mass is 16.5. The molecule has 0 aromatic rings. The van der Waals surface area contributed by atoms with E-state index in [1.807, 2.05) is 7.11 Å². The van der Waals surface area contributed by atoms with Gasteiger partial charge in [-0.2, -0.15) is 0 Å². The van der Waals surface area contributed by atoms with Gasteiger partial charge in [-0.05, 0) is 45.2 Å². The van der Waals surface area contributed by atoms with Crippen molar-refractivity contribution in [3.05, 3.63) is 0 Å². The molecule has 2 fully saturated rings. The van der Waals surface area contributed by atoms with Gasteiger partial charge in [0.1, 0.15) is 0 Å². The highest BCUT2D eigenvalue weighted by Crippen LogP contribution is 2.24. The summed E-state index contributed by atoms with van der Waals surface area (Å²) in [6.45, 7) is 8.21. The largest absolute Gasteiger partial charge is 0.384 e. The molecular formula is C13H26N2O. The van der Waals surface area contributed by atoms with Crippen LogP contribution in [0.1, 0.15) is 32.6 Å². The molecule has 2 atom stereocenters. The van der Waals surface area contributed by atoms with Crippen molar-refractivity contribution >= 4 is 0 Å². The van der Waals surface area contributed by atoms with Gasteiger partial charge >= 0.3 is 0 Å². The molecule has 2 heterocycles. The van der Waals surface area contributed by atoms with Crippen LogP contribution in [0.25, 0.3) is 0 Å². The molecule has 2 rings (SSSR count). The van der Waals surface area contributed by atoms with Gasteiger partial charge in [-0.3, -0.25) is 0 Å². The van der Waals surface area contributed by atoms with Gasteiger partial charge in [-0.1, -0.05) is 6.42 Å². The Bertz CT molecular complexity index is 214. The van der Waals surface area contributed by atoms with E-state index in [2.05, 4.69) is 17.1 Å². The van der Waals surface area contributed by atoms with Gasteiger partial charge in [-0.15, -0.1) is 0 Å². The molecule has 0 spiro atoms. The van der Waals surface area contributed by atoms with Crippen molar-refractivity contribution in [2.24, 2.45) is 5.92 Å². The Morgan fingerprint density at radius 3 is 3.00 bits per heavy atom. The highest BCUT2D eigenvalue weighted by molar-refractivity contribution is 4.91. The molecule has 3 nitrogen and oxygen atoms in total. The minimum atomic E-state index is 0.361. The number of hydrogen-bond donors (Lipinski definition) is 1. The molecule has 2 unspecified atom stereocenters. The molecule has 0 saturated carbocycles. The van der Waals surface area contributed by atoms with E-state index in [0.717, 1.165) is 12.5 Å². The van der Waals surface area contributed by atoms with E-state index in [1.165, 1.54) is 51.9 Å². The second-order valence-corrected chi connectivity index (χ2v) is 5.79. The maximum Gasteiger partial charge on any atom is 0.0503 e. The number of piperidine rings is 1. The topological polar surface area (TPSA) is 24.5 Å². The molecule has 0 bridgehead atoms.